The van der Waals surface area contributed by atoms with E-state index in [0.29, 0.717) is 6.54 Å². The fourth-order valence-electron chi connectivity index (χ4n) is 2.32. The zero-order valence-corrected chi connectivity index (χ0v) is 10.8. The molecule has 6 heteroatoms. The van der Waals surface area contributed by atoms with Crippen LogP contribution in [0.3, 0.4) is 0 Å². The average molecular weight is 263 g/mol. The summed E-state index contributed by atoms with van der Waals surface area (Å²) in [7, 11) is 1.40. The van der Waals surface area contributed by atoms with E-state index in [9.17, 15) is 9.59 Å². The summed E-state index contributed by atoms with van der Waals surface area (Å²) in [6.45, 7) is 1.44. The Labute approximate surface area is 111 Å². The number of hydrogen-bond acceptors (Lipinski definition) is 5. The van der Waals surface area contributed by atoms with Crippen molar-refractivity contribution in [3.63, 3.8) is 0 Å². The Bertz CT molecular complexity index is 490. The molecule has 1 aliphatic heterocycles. The quantitative estimate of drug-likeness (QED) is 0.806. The van der Waals surface area contributed by atoms with E-state index in [-0.39, 0.29) is 17.6 Å². The third-order valence-corrected chi connectivity index (χ3v) is 3.32. The third-order valence-electron chi connectivity index (χ3n) is 3.32. The first kappa shape index (κ1) is 13.3. The molecule has 0 bridgehead atoms. The van der Waals surface area contributed by atoms with Crippen molar-refractivity contribution in [3.8, 4) is 0 Å². The molecule has 2 rings (SSSR count). The lowest BCUT2D eigenvalue weighted by Crippen LogP contribution is -2.39. The maximum atomic E-state index is 11.6. The molecular formula is C13H17N3O3. The first-order valence-corrected chi connectivity index (χ1v) is 6.20. The lowest BCUT2D eigenvalue weighted by molar-refractivity contribution is -0.145. The zero-order chi connectivity index (χ0) is 13.8. The van der Waals surface area contributed by atoms with Gasteiger partial charge in [-0.15, -0.1) is 0 Å². The van der Waals surface area contributed by atoms with Crippen LogP contribution in [0, 0.1) is 5.92 Å². The topological polar surface area (TPSA) is 85.5 Å². The summed E-state index contributed by atoms with van der Waals surface area (Å²) in [5.41, 5.74) is 6.31. The van der Waals surface area contributed by atoms with Crippen molar-refractivity contribution >= 4 is 17.6 Å². The summed E-state index contributed by atoms with van der Waals surface area (Å²) in [5.74, 6) is -0.860. The smallest absolute Gasteiger partial charge is 0.310 e. The highest BCUT2D eigenvalue weighted by atomic mass is 16.5. The van der Waals surface area contributed by atoms with Gasteiger partial charge in [0.1, 0.15) is 5.69 Å². The largest absolute Gasteiger partial charge is 0.469 e. The minimum absolute atomic E-state index is 0.121. The molecule has 1 unspecified atom stereocenters. The maximum absolute atomic E-state index is 11.6. The Morgan fingerprint density at radius 1 is 1.53 bits per heavy atom. The summed E-state index contributed by atoms with van der Waals surface area (Å²) in [6.07, 6.45) is 3.29. The molecule has 2 N–H and O–H groups in total. The molecule has 1 aromatic heterocycles. The van der Waals surface area contributed by atoms with Crippen molar-refractivity contribution in [2.75, 3.05) is 25.1 Å². The predicted octanol–water partition coefficient (Wildman–Crippen LogP) is 0.570. The van der Waals surface area contributed by atoms with E-state index in [0.717, 1.165) is 25.1 Å². The number of nitrogens with zero attached hydrogens (tertiary/aromatic N) is 2. The van der Waals surface area contributed by atoms with Crippen LogP contribution < -0.4 is 10.6 Å². The molecule has 2 heterocycles. The van der Waals surface area contributed by atoms with Crippen molar-refractivity contribution in [1.82, 2.24) is 4.98 Å². The first-order chi connectivity index (χ1) is 9.11. The van der Waals surface area contributed by atoms with Crippen LogP contribution in [-0.4, -0.2) is 37.1 Å². The predicted molar refractivity (Wildman–Crippen MR) is 69.7 cm³/mol. The number of methoxy groups -OCH3 is 1. The van der Waals surface area contributed by atoms with E-state index in [1.807, 2.05) is 6.07 Å². The van der Waals surface area contributed by atoms with Gasteiger partial charge in [-0.25, -0.2) is 0 Å². The van der Waals surface area contributed by atoms with Crippen LogP contribution in [0.15, 0.2) is 18.3 Å². The van der Waals surface area contributed by atoms with E-state index >= 15 is 0 Å². The molecule has 0 aliphatic carbocycles. The molecular weight excluding hydrogens is 246 g/mol. The second-order valence-corrected chi connectivity index (χ2v) is 4.57. The second-order valence-electron chi connectivity index (χ2n) is 4.57. The summed E-state index contributed by atoms with van der Waals surface area (Å²) in [6, 6.07) is 3.47. The van der Waals surface area contributed by atoms with E-state index in [1.165, 1.54) is 7.11 Å². The van der Waals surface area contributed by atoms with Gasteiger partial charge in [-0.1, -0.05) is 0 Å². The van der Waals surface area contributed by atoms with Crippen molar-refractivity contribution in [1.29, 1.82) is 0 Å². The molecule has 1 aromatic rings. The van der Waals surface area contributed by atoms with Gasteiger partial charge in [0.2, 0.25) is 0 Å². The molecule has 0 saturated carbocycles. The van der Waals surface area contributed by atoms with Crippen LogP contribution in [0.4, 0.5) is 5.69 Å². The van der Waals surface area contributed by atoms with Crippen molar-refractivity contribution < 1.29 is 14.3 Å². The van der Waals surface area contributed by atoms with Gasteiger partial charge in [0.05, 0.1) is 13.0 Å². The second kappa shape index (κ2) is 5.69. The molecule has 1 saturated heterocycles. The number of primary amides is 1. The van der Waals surface area contributed by atoms with Gasteiger partial charge in [-0.3, -0.25) is 14.6 Å². The number of rotatable bonds is 3. The van der Waals surface area contributed by atoms with Gasteiger partial charge in [-0.05, 0) is 25.0 Å². The number of carbonyl (C=O) groups excluding carboxylic acids is 2. The first-order valence-electron chi connectivity index (χ1n) is 6.20. The Balaban J connectivity index is 2.15. The van der Waals surface area contributed by atoms with Crippen molar-refractivity contribution in [2.45, 2.75) is 12.8 Å². The number of ether oxygens (including phenoxy) is 1. The van der Waals surface area contributed by atoms with Crippen LogP contribution in [0.5, 0.6) is 0 Å². The van der Waals surface area contributed by atoms with Crippen LogP contribution in [0.1, 0.15) is 23.3 Å². The minimum atomic E-state index is -0.552. The van der Waals surface area contributed by atoms with E-state index < -0.39 is 5.91 Å². The van der Waals surface area contributed by atoms with Crippen LogP contribution >= 0.6 is 0 Å². The summed E-state index contributed by atoms with van der Waals surface area (Å²) in [5, 5.41) is 0. The molecule has 0 aromatic carbocycles. The number of piperidine rings is 1. The molecule has 6 nitrogen and oxygen atoms in total. The number of esters is 1. The Kier molecular flexibility index (Phi) is 3.99. The highest BCUT2D eigenvalue weighted by Crippen LogP contribution is 2.24. The highest BCUT2D eigenvalue weighted by Gasteiger charge is 2.26. The minimum Gasteiger partial charge on any atom is -0.469 e. The number of aromatic nitrogens is 1. The molecule has 19 heavy (non-hydrogen) atoms. The van der Waals surface area contributed by atoms with Gasteiger partial charge in [0.25, 0.3) is 5.91 Å². The van der Waals surface area contributed by atoms with Gasteiger partial charge < -0.3 is 15.4 Å². The molecule has 0 radical (unpaired) electrons. The van der Waals surface area contributed by atoms with Crippen LogP contribution in [0.25, 0.3) is 0 Å². The molecule has 102 valence electrons. The lowest BCUT2D eigenvalue weighted by Gasteiger charge is -2.33. The third kappa shape index (κ3) is 3.01. The molecule has 1 amide bonds. The van der Waals surface area contributed by atoms with Gasteiger partial charge >= 0.3 is 5.97 Å². The number of amides is 1. The molecule has 0 spiro atoms. The monoisotopic (exact) mass is 263 g/mol. The van der Waals surface area contributed by atoms with Gasteiger partial charge in [-0.2, -0.15) is 0 Å². The zero-order valence-electron chi connectivity index (χ0n) is 10.8. The maximum Gasteiger partial charge on any atom is 0.310 e. The molecule has 1 atom stereocenters. The number of hydrogen-bond donors (Lipinski definition) is 1. The summed E-state index contributed by atoms with van der Waals surface area (Å²) in [4.78, 5) is 28.7. The van der Waals surface area contributed by atoms with Crippen molar-refractivity contribution in [2.24, 2.45) is 11.7 Å². The summed E-state index contributed by atoms with van der Waals surface area (Å²) < 4.78 is 4.78. The highest BCUT2D eigenvalue weighted by molar-refractivity contribution is 5.91. The van der Waals surface area contributed by atoms with E-state index in [2.05, 4.69) is 9.88 Å². The number of carbonyl (C=O) groups is 2. The number of pyridine rings is 1. The van der Waals surface area contributed by atoms with Crippen molar-refractivity contribution in [3.05, 3.63) is 24.0 Å². The van der Waals surface area contributed by atoms with Crippen LogP contribution in [0.2, 0.25) is 0 Å². The SMILES string of the molecule is COC(=O)C1CCCN(c2ccnc(C(N)=O)c2)C1. The Morgan fingerprint density at radius 2 is 2.32 bits per heavy atom. The van der Waals surface area contributed by atoms with E-state index in [4.69, 9.17) is 10.5 Å². The Hall–Kier alpha value is -2.11. The Morgan fingerprint density at radius 3 is 3.00 bits per heavy atom. The molecule has 1 aliphatic rings. The van der Waals surface area contributed by atoms with E-state index in [1.54, 1.807) is 12.3 Å². The van der Waals surface area contributed by atoms with Gasteiger partial charge in [0, 0.05) is 25.0 Å². The van der Waals surface area contributed by atoms with Crippen LogP contribution in [-0.2, 0) is 9.53 Å². The fourth-order valence-corrected chi connectivity index (χ4v) is 2.32. The number of anilines is 1. The fraction of sp³-hybridized carbons (Fsp3) is 0.462. The lowest BCUT2D eigenvalue weighted by atomic mass is 9.98. The normalized spacial score (nSPS) is 19.0. The molecule has 1 fully saturated rings. The average Bonchev–Trinajstić information content (AvgIpc) is 2.46. The van der Waals surface area contributed by atoms with Gasteiger partial charge in [0.15, 0.2) is 0 Å². The summed E-state index contributed by atoms with van der Waals surface area (Å²) >= 11 is 0. The standard InChI is InChI=1S/C13H17N3O3/c1-19-13(18)9-3-2-6-16(8-9)10-4-5-15-11(7-10)12(14)17/h4-5,7,9H,2-3,6,8H2,1H3,(H2,14,17). The number of nitrogens with two attached hydrogens (primary N) is 1.